The summed E-state index contributed by atoms with van der Waals surface area (Å²) in [5.41, 5.74) is 1.19. The summed E-state index contributed by atoms with van der Waals surface area (Å²) >= 11 is 0. The number of ketones is 1. The molecule has 0 aliphatic carbocycles. The third-order valence-electron chi connectivity index (χ3n) is 6.21. The molecule has 1 aromatic heterocycles. The van der Waals surface area contributed by atoms with Crippen LogP contribution in [-0.4, -0.2) is 57.7 Å². The lowest BCUT2D eigenvalue weighted by atomic mass is 9.94. The van der Waals surface area contributed by atoms with Gasteiger partial charge in [-0.15, -0.1) is 0 Å². The van der Waals surface area contributed by atoms with Gasteiger partial charge in [-0.25, -0.2) is 9.78 Å². The number of methoxy groups -OCH3 is 1. The maximum atomic E-state index is 13.2. The van der Waals surface area contributed by atoms with E-state index in [1.54, 1.807) is 55.0 Å². The van der Waals surface area contributed by atoms with E-state index in [2.05, 4.69) is 4.98 Å². The van der Waals surface area contributed by atoms with Crippen molar-refractivity contribution in [2.24, 2.45) is 0 Å². The van der Waals surface area contributed by atoms with E-state index < -0.39 is 23.7 Å². The first kappa shape index (κ1) is 23.2. The zero-order chi connectivity index (χ0) is 25.2. The standard InChI is InChI=1S/C26H23N3O7/c1-34-26(33)17-5-3-16(4-6-17)22-21(23(30)18-7-8-19-20(13-18)36-15-35-19)24(31)25(32)29(22)11-2-10-28-12-9-27-14-28/h3-9,12-14,22,30H,2,10-11,15H2,1H3/b23-21+. The lowest BCUT2D eigenvalue weighted by Crippen LogP contribution is -2.31. The number of fused-ring (bicyclic) bond motifs is 1. The van der Waals surface area contributed by atoms with Crippen molar-refractivity contribution in [3.8, 4) is 11.5 Å². The first-order chi connectivity index (χ1) is 17.5. The van der Waals surface area contributed by atoms with Gasteiger partial charge >= 0.3 is 5.97 Å². The normalized spacial score (nSPS) is 18.0. The molecule has 3 heterocycles. The SMILES string of the molecule is COC(=O)c1ccc(C2/C(=C(\O)c3ccc4c(c3)OCO4)C(=O)C(=O)N2CCCn2ccnc2)cc1. The Hall–Kier alpha value is -4.60. The van der Waals surface area contributed by atoms with Crippen LogP contribution in [0, 0.1) is 0 Å². The molecule has 0 bridgehead atoms. The number of aryl methyl sites for hydroxylation is 1. The number of amides is 1. The van der Waals surface area contributed by atoms with Crippen molar-refractivity contribution in [2.75, 3.05) is 20.4 Å². The summed E-state index contributed by atoms with van der Waals surface area (Å²) in [6.45, 7) is 0.927. The fourth-order valence-corrected chi connectivity index (χ4v) is 4.42. The predicted octanol–water partition coefficient (Wildman–Crippen LogP) is 2.91. The van der Waals surface area contributed by atoms with Crippen LogP contribution in [0.15, 0.2) is 66.8 Å². The van der Waals surface area contributed by atoms with Crippen LogP contribution < -0.4 is 9.47 Å². The molecule has 0 radical (unpaired) electrons. The van der Waals surface area contributed by atoms with Crippen LogP contribution in [0.3, 0.4) is 0 Å². The number of benzene rings is 2. The number of likely N-dealkylation sites (tertiary alicyclic amines) is 1. The van der Waals surface area contributed by atoms with Gasteiger partial charge in [-0.05, 0) is 42.3 Å². The Labute approximate surface area is 206 Å². The van der Waals surface area contributed by atoms with E-state index >= 15 is 0 Å². The van der Waals surface area contributed by atoms with E-state index in [1.807, 2.05) is 10.8 Å². The number of hydrogen-bond donors (Lipinski definition) is 1. The Kier molecular flexibility index (Phi) is 6.16. The molecule has 10 nitrogen and oxygen atoms in total. The number of hydrogen-bond acceptors (Lipinski definition) is 8. The largest absolute Gasteiger partial charge is 0.507 e. The average Bonchev–Trinajstić information content (AvgIpc) is 3.64. The van der Waals surface area contributed by atoms with E-state index in [0.29, 0.717) is 41.2 Å². The van der Waals surface area contributed by atoms with Gasteiger partial charge in [0.15, 0.2) is 11.5 Å². The molecule has 1 N–H and O–H groups in total. The number of nitrogens with zero attached hydrogens (tertiary/aromatic N) is 3. The van der Waals surface area contributed by atoms with Crippen LogP contribution >= 0.6 is 0 Å². The molecule has 1 fully saturated rings. The van der Waals surface area contributed by atoms with Crippen molar-refractivity contribution in [1.82, 2.24) is 14.5 Å². The smallest absolute Gasteiger partial charge is 0.337 e. The third kappa shape index (κ3) is 4.17. The van der Waals surface area contributed by atoms with Gasteiger partial charge < -0.3 is 28.8 Å². The minimum absolute atomic E-state index is 0.0349. The van der Waals surface area contributed by atoms with Gasteiger partial charge in [0.1, 0.15) is 5.76 Å². The molecular formula is C26H23N3O7. The lowest BCUT2D eigenvalue weighted by Gasteiger charge is -2.25. The first-order valence-corrected chi connectivity index (χ1v) is 11.3. The number of esters is 1. The Balaban J connectivity index is 1.53. The molecule has 1 saturated heterocycles. The second kappa shape index (κ2) is 9.57. The van der Waals surface area contributed by atoms with Gasteiger partial charge in [0, 0.05) is 31.0 Å². The van der Waals surface area contributed by atoms with Gasteiger partial charge in [0.05, 0.1) is 30.6 Å². The number of ether oxygens (including phenoxy) is 3. The fourth-order valence-electron chi connectivity index (χ4n) is 4.42. The Morgan fingerprint density at radius 2 is 1.83 bits per heavy atom. The molecule has 36 heavy (non-hydrogen) atoms. The van der Waals surface area contributed by atoms with Gasteiger partial charge in [-0.3, -0.25) is 9.59 Å². The number of rotatable bonds is 7. The number of aliphatic hydroxyl groups is 1. The molecule has 0 saturated carbocycles. The van der Waals surface area contributed by atoms with Gasteiger partial charge in [-0.1, -0.05) is 12.1 Å². The quantitative estimate of drug-likeness (QED) is 0.233. The Morgan fingerprint density at radius 1 is 1.08 bits per heavy atom. The molecule has 0 spiro atoms. The summed E-state index contributed by atoms with van der Waals surface area (Å²) < 4.78 is 17.4. The highest BCUT2D eigenvalue weighted by Crippen LogP contribution is 2.41. The van der Waals surface area contributed by atoms with Crippen molar-refractivity contribution in [2.45, 2.75) is 19.0 Å². The van der Waals surface area contributed by atoms with E-state index in [0.717, 1.165) is 0 Å². The topological polar surface area (TPSA) is 120 Å². The number of imidazole rings is 1. The monoisotopic (exact) mass is 489 g/mol. The number of aromatic nitrogens is 2. The number of Topliss-reactive ketones (excluding diaryl/α,β-unsaturated/α-hetero) is 1. The molecule has 3 aromatic rings. The number of aliphatic hydroxyl groups excluding tert-OH is 1. The van der Waals surface area contributed by atoms with E-state index in [-0.39, 0.29) is 24.7 Å². The predicted molar refractivity (Wildman–Crippen MR) is 126 cm³/mol. The maximum Gasteiger partial charge on any atom is 0.337 e. The van der Waals surface area contributed by atoms with Crippen LogP contribution in [-0.2, 0) is 20.9 Å². The highest BCUT2D eigenvalue weighted by atomic mass is 16.7. The maximum absolute atomic E-state index is 13.2. The Morgan fingerprint density at radius 3 is 2.56 bits per heavy atom. The van der Waals surface area contributed by atoms with Crippen molar-refractivity contribution < 1.29 is 33.7 Å². The zero-order valence-electron chi connectivity index (χ0n) is 19.4. The second-order valence-electron chi connectivity index (χ2n) is 8.33. The molecule has 2 aliphatic heterocycles. The molecule has 184 valence electrons. The lowest BCUT2D eigenvalue weighted by molar-refractivity contribution is -0.139. The molecular weight excluding hydrogens is 466 g/mol. The average molecular weight is 489 g/mol. The van der Waals surface area contributed by atoms with Crippen LogP contribution in [0.25, 0.3) is 5.76 Å². The Bertz CT molecular complexity index is 1350. The minimum Gasteiger partial charge on any atom is -0.507 e. The highest BCUT2D eigenvalue weighted by Gasteiger charge is 2.46. The zero-order valence-corrected chi connectivity index (χ0v) is 19.4. The van der Waals surface area contributed by atoms with Crippen LogP contribution in [0.2, 0.25) is 0 Å². The van der Waals surface area contributed by atoms with Gasteiger partial charge in [-0.2, -0.15) is 0 Å². The first-order valence-electron chi connectivity index (χ1n) is 11.3. The summed E-state index contributed by atoms with van der Waals surface area (Å²) in [6, 6.07) is 10.4. The molecule has 2 aliphatic rings. The fraction of sp³-hybridized carbons (Fsp3) is 0.231. The number of carbonyl (C=O) groups excluding carboxylic acids is 3. The summed E-state index contributed by atoms with van der Waals surface area (Å²) in [4.78, 5) is 43.7. The molecule has 2 aromatic carbocycles. The second-order valence-corrected chi connectivity index (χ2v) is 8.33. The van der Waals surface area contributed by atoms with Crippen molar-refractivity contribution in [1.29, 1.82) is 0 Å². The van der Waals surface area contributed by atoms with Crippen molar-refractivity contribution >= 4 is 23.4 Å². The van der Waals surface area contributed by atoms with E-state index in [4.69, 9.17) is 14.2 Å². The molecule has 1 unspecified atom stereocenters. The third-order valence-corrected chi connectivity index (χ3v) is 6.21. The van der Waals surface area contributed by atoms with Crippen molar-refractivity contribution in [3.63, 3.8) is 0 Å². The minimum atomic E-state index is -0.843. The number of carbonyl (C=O) groups is 3. The van der Waals surface area contributed by atoms with Crippen molar-refractivity contribution in [3.05, 3.63) is 83.4 Å². The van der Waals surface area contributed by atoms with Crippen LogP contribution in [0.4, 0.5) is 0 Å². The van der Waals surface area contributed by atoms with Crippen LogP contribution in [0.5, 0.6) is 11.5 Å². The summed E-state index contributed by atoms with van der Waals surface area (Å²) in [7, 11) is 1.29. The van der Waals surface area contributed by atoms with Gasteiger partial charge in [0.2, 0.25) is 6.79 Å². The molecule has 5 rings (SSSR count). The van der Waals surface area contributed by atoms with E-state index in [9.17, 15) is 19.5 Å². The summed E-state index contributed by atoms with van der Waals surface area (Å²) in [5, 5.41) is 11.2. The highest BCUT2D eigenvalue weighted by molar-refractivity contribution is 6.46. The van der Waals surface area contributed by atoms with Gasteiger partial charge in [0.25, 0.3) is 11.7 Å². The molecule has 1 atom stereocenters. The summed E-state index contributed by atoms with van der Waals surface area (Å²) in [5.74, 6) is -1.34. The molecule has 1 amide bonds. The summed E-state index contributed by atoms with van der Waals surface area (Å²) in [6.07, 6.45) is 5.72. The molecule has 10 heteroatoms. The van der Waals surface area contributed by atoms with E-state index in [1.165, 1.54) is 12.0 Å². The van der Waals surface area contributed by atoms with Crippen LogP contribution in [0.1, 0.15) is 33.9 Å².